The molecule has 2 aromatic rings. The third-order valence-electron chi connectivity index (χ3n) is 3.28. The Kier molecular flexibility index (Phi) is 7.01. The molecule has 0 bridgehead atoms. The second-order valence-electron chi connectivity index (χ2n) is 5.25. The monoisotopic (exact) mass is 353 g/mol. The summed E-state index contributed by atoms with van der Waals surface area (Å²) in [5.74, 6) is -0.125. The number of benzene rings is 2. The average Bonchev–Trinajstić information content (AvgIpc) is 2.66. The Morgan fingerprint density at radius 1 is 1.00 bits per heavy atom. The van der Waals surface area contributed by atoms with Gasteiger partial charge in [0.1, 0.15) is 0 Å². The first-order valence-corrected chi connectivity index (χ1v) is 8.03. The Bertz CT molecular complexity index is 800. The van der Waals surface area contributed by atoms with E-state index in [1.54, 1.807) is 25.1 Å². The van der Waals surface area contributed by atoms with E-state index in [4.69, 9.17) is 14.7 Å². The molecule has 26 heavy (non-hydrogen) atoms. The molecule has 0 heterocycles. The number of carbonyl (C=O) groups is 2. The molecule has 0 saturated carbocycles. The van der Waals surface area contributed by atoms with Gasteiger partial charge < -0.3 is 9.47 Å². The van der Waals surface area contributed by atoms with Crippen molar-refractivity contribution in [2.24, 2.45) is 0 Å². The summed E-state index contributed by atoms with van der Waals surface area (Å²) in [6, 6.07) is 15.9. The van der Waals surface area contributed by atoms with Crippen molar-refractivity contribution in [1.29, 1.82) is 5.26 Å². The highest BCUT2D eigenvalue weighted by molar-refractivity contribution is 5.83. The number of carbonyl (C=O) groups excluding carboxylic acids is 2. The topological polar surface area (TPSA) is 100 Å². The van der Waals surface area contributed by atoms with E-state index in [1.807, 2.05) is 36.4 Å². The fraction of sp³-hybridized carbons (Fsp3) is 0.211. The molecule has 0 radical (unpaired) electrons. The Hall–Kier alpha value is -3.53. The van der Waals surface area contributed by atoms with Crippen LogP contribution in [0.2, 0.25) is 0 Å². The lowest BCUT2D eigenvalue weighted by Gasteiger charge is -2.12. The molecule has 0 fully saturated rings. The number of amides is 2. The van der Waals surface area contributed by atoms with Gasteiger partial charge >= 0.3 is 0 Å². The highest BCUT2D eigenvalue weighted by atomic mass is 16.5. The molecule has 2 aromatic carbocycles. The van der Waals surface area contributed by atoms with Gasteiger partial charge in [0.25, 0.3) is 5.91 Å². The van der Waals surface area contributed by atoms with Crippen LogP contribution >= 0.6 is 0 Å². The van der Waals surface area contributed by atoms with Crippen LogP contribution in [-0.2, 0) is 16.0 Å². The van der Waals surface area contributed by atoms with E-state index in [0.717, 1.165) is 5.56 Å². The Morgan fingerprint density at radius 3 is 2.42 bits per heavy atom. The van der Waals surface area contributed by atoms with Crippen LogP contribution in [0.1, 0.15) is 18.1 Å². The number of nitriles is 1. The van der Waals surface area contributed by atoms with Crippen molar-refractivity contribution >= 4 is 11.8 Å². The summed E-state index contributed by atoms with van der Waals surface area (Å²) >= 11 is 0. The molecule has 7 nitrogen and oxygen atoms in total. The van der Waals surface area contributed by atoms with Crippen LogP contribution in [0.15, 0.2) is 48.5 Å². The predicted molar refractivity (Wildman–Crippen MR) is 94.3 cm³/mol. The third-order valence-corrected chi connectivity index (χ3v) is 3.28. The van der Waals surface area contributed by atoms with Gasteiger partial charge in [-0.3, -0.25) is 20.4 Å². The number of hydrogen-bond donors (Lipinski definition) is 2. The maximum absolute atomic E-state index is 11.8. The van der Waals surface area contributed by atoms with Gasteiger partial charge in [0, 0.05) is 6.07 Å². The lowest BCUT2D eigenvalue weighted by molar-refractivity contribution is -0.129. The molecule has 2 amide bonds. The first-order chi connectivity index (χ1) is 12.6. The Labute approximate surface area is 151 Å². The molecule has 2 rings (SSSR count). The van der Waals surface area contributed by atoms with Crippen LogP contribution in [0.25, 0.3) is 0 Å². The van der Waals surface area contributed by atoms with Crippen molar-refractivity contribution in [3.8, 4) is 17.6 Å². The lowest BCUT2D eigenvalue weighted by Crippen LogP contribution is -2.44. The van der Waals surface area contributed by atoms with Gasteiger partial charge in [-0.05, 0) is 24.6 Å². The lowest BCUT2D eigenvalue weighted by atomic mass is 10.1. The molecular weight excluding hydrogens is 334 g/mol. The second kappa shape index (κ2) is 9.69. The van der Waals surface area contributed by atoms with E-state index in [2.05, 4.69) is 10.9 Å². The molecule has 2 N–H and O–H groups in total. The van der Waals surface area contributed by atoms with Crippen molar-refractivity contribution < 1.29 is 19.1 Å². The number of hydrazine groups is 1. The van der Waals surface area contributed by atoms with Gasteiger partial charge in [-0.15, -0.1) is 0 Å². The number of nitrogens with zero attached hydrogens (tertiary/aromatic N) is 1. The van der Waals surface area contributed by atoms with Gasteiger partial charge in [0.05, 0.1) is 24.7 Å². The summed E-state index contributed by atoms with van der Waals surface area (Å²) in [5, 5.41) is 8.92. The third kappa shape index (κ3) is 5.83. The van der Waals surface area contributed by atoms with Gasteiger partial charge in [0.2, 0.25) is 5.91 Å². The number of nitrogens with one attached hydrogen (secondary N) is 2. The molecule has 134 valence electrons. The van der Waals surface area contributed by atoms with Crippen LogP contribution in [-0.4, -0.2) is 25.0 Å². The van der Waals surface area contributed by atoms with E-state index < -0.39 is 5.91 Å². The summed E-state index contributed by atoms with van der Waals surface area (Å²) in [6.45, 7) is 1.89. The van der Waals surface area contributed by atoms with E-state index in [0.29, 0.717) is 23.7 Å². The average molecular weight is 353 g/mol. The van der Waals surface area contributed by atoms with Crippen LogP contribution in [0.3, 0.4) is 0 Å². The zero-order valence-electron chi connectivity index (χ0n) is 14.3. The predicted octanol–water partition coefficient (Wildman–Crippen LogP) is 1.73. The van der Waals surface area contributed by atoms with Gasteiger partial charge in [0.15, 0.2) is 18.1 Å². The SMILES string of the molecule is CCOc1cc(C#N)ccc1OCC(=O)NNC(=O)Cc1ccccc1. The van der Waals surface area contributed by atoms with Crippen molar-refractivity contribution in [1.82, 2.24) is 10.9 Å². The number of rotatable bonds is 7. The normalized spacial score (nSPS) is 9.69. The fourth-order valence-corrected chi connectivity index (χ4v) is 2.11. The van der Waals surface area contributed by atoms with Gasteiger partial charge in [-0.1, -0.05) is 30.3 Å². The van der Waals surface area contributed by atoms with Crippen LogP contribution < -0.4 is 20.3 Å². The molecule has 0 spiro atoms. The minimum absolute atomic E-state index is 0.159. The molecule has 0 aliphatic rings. The minimum atomic E-state index is -0.516. The first-order valence-electron chi connectivity index (χ1n) is 8.03. The quantitative estimate of drug-likeness (QED) is 0.738. The van der Waals surface area contributed by atoms with Crippen molar-refractivity contribution in [3.63, 3.8) is 0 Å². The zero-order chi connectivity index (χ0) is 18.8. The van der Waals surface area contributed by atoms with Crippen molar-refractivity contribution in [2.75, 3.05) is 13.2 Å². The molecule has 7 heteroatoms. The van der Waals surface area contributed by atoms with E-state index in [-0.39, 0.29) is 18.9 Å². The van der Waals surface area contributed by atoms with Crippen LogP contribution in [0.4, 0.5) is 0 Å². The highest BCUT2D eigenvalue weighted by Gasteiger charge is 2.10. The molecular formula is C19H19N3O4. The van der Waals surface area contributed by atoms with Gasteiger partial charge in [-0.2, -0.15) is 5.26 Å². The maximum Gasteiger partial charge on any atom is 0.276 e. The first kappa shape index (κ1) is 18.8. The van der Waals surface area contributed by atoms with E-state index >= 15 is 0 Å². The molecule has 0 aromatic heterocycles. The number of ether oxygens (including phenoxy) is 2. The smallest absolute Gasteiger partial charge is 0.276 e. The summed E-state index contributed by atoms with van der Waals surface area (Å²) in [4.78, 5) is 23.6. The molecule has 0 aliphatic carbocycles. The molecule has 0 unspecified atom stereocenters. The summed E-state index contributed by atoms with van der Waals surface area (Å²) in [7, 11) is 0. The van der Waals surface area contributed by atoms with Crippen molar-refractivity contribution in [2.45, 2.75) is 13.3 Å². The summed E-state index contributed by atoms with van der Waals surface area (Å²) in [6.07, 6.45) is 0.159. The standard InChI is InChI=1S/C19H19N3O4/c1-2-25-17-10-15(12-20)8-9-16(17)26-13-19(24)22-21-18(23)11-14-6-4-3-5-7-14/h3-10H,2,11,13H2,1H3,(H,21,23)(H,22,24). The Balaban J connectivity index is 1.81. The number of hydrogen-bond acceptors (Lipinski definition) is 5. The van der Waals surface area contributed by atoms with Crippen LogP contribution in [0, 0.1) is 11.3 Å². The van der Waals surface area contributed by atoms with Crippen molar-refractivity contribution in [3.05, 3.63) is 59.7 Å². The highest BCUT2D eigenvalue weighted by Crippen LogP contribution is 2.28. The molecule has 0 atom stereocenters. The van der Waals surface area contributed by atoms with E-state index in [9.17, 15) is 9.59 Å². The second-order valence-corrected chi connectivity index (χ2v) is 5.25. The minimum Gasteiger partial charge on any atom is -0.490 e. The maximum atomic E-state index is 11.8. The molecule has 0 aliphatic heterocycles. The fourth-order valence-electron chi connectivity index (χ4n) is 2.11. The zero-order valence-corrected chi connectivity index (χ0v) is 14.3. The van der Waals surface area contributed by atoms with E-state index in [1.165, 1.54) is 0 Å². The van der Waals surface area contributed by atoms with Gasteiger partial charge in [-0.25, -0.2) is 0 Å². The molecule has 0 saturated heterocycles. The summed E-state index contributed by atoms with van der Waals surface area (Å²) in [5.41, 5.74) is 5.89. The largest absolute Gasteiger partial charge is 0.490 e. The Morgan fingerprint density at radius 2 is 1.73 bits per heavy atom. The summed E-state index contributed by atoms with van der Waals surface area (Å²) < 4.78 is 10.8. The van der Waals surface area contributed by atoms with Crippen LogP contribution in [0.5, 0.6) is 11.5 Å².